The molecule has 0 bridgehead atoms. The highest BCUT2D eigenvalue weighted by molar-refractivity contribution is 7.92. The first-order valence-corrected chi connectivity index (χ1v) is 16.6. The number of nitrogens with one attached hydrogen (secondary N) is 2. The van der Waals surface area contributed by atoms with Crippen LogP contribution in [0, 0.1) is 0 Å². The lowest BCUT2D eigenvalue weighted by Gasteiger charge is -2.26. The first kappa shape index (κ1) is 34.0. The maximum atomic E-state index is 14.3. The summed E-state index contributed by atoms with van der Waals surface area (Å²) < 4.78 is 38.3. The molecular formula is C34H40N4O7S. The number of carboxylic acids is 1. The van der Waals surface area contributed by atoms with Gasteiger partial charge in [-0.1, -0.05) is 24.3 Å². The van der Waals surface area contributed by atoms with Crippen LogP contribution >= 0.6 is 0 Å². The lowest BCUT2D eigenvalue weighted by Crippen LogP contribution is -2.37. The zero-order chi connectivity index (χ0) is 33.6. The van der Waals surface area contributed by atoms with Crippen LogP contribution in [0.2, 0.25) is 0 Å². The van der Waals surface area contributed by atoms with E-state index in [2.05, 4.69) is 15.6 Å². The van der Waals surface area contributed by atoms with Crippen LogP contribution in [0.4, 0.5) is 11.5 Å². The molecule has 0 spiro atoms. The van der Waals surface area contributed by atoms with Gasteiger partial charge in [-0.3, -0.25) is 9.59 Å². The maximum absolute atomic E-state index is 14.3. The Morgan fingerprint density at radius 2 is 1.72 bits per heavy atom. The molecule has 46 heavy (non-hydrogen) atoms. The van der Waals surface area contributed by atoms with Gasteiger partial charge in [0.2, 0.25) is 5.91 Å². The Morgan fingerprint density at radius 3 is 2.39 bits per heavy atom. The van der Waals surface area contributed by atoms with Crippen LogP contribution in [0.3, 0.4) is 0 Å². The lowest BCUT2D eigenvalue weighted by atomic mass is 10.0. The van der Waals surface area contributed by atoms with Crippen molar-refractivity contribution in [1.29, 1.82) is 0 Å². The van der Waals surface area contributed by atoms with E-state index in [1.807, 2.05) is 26.8 Å². The largest absolute Gasteiger partial charge is 0.490 e. The van der Waals surface area contributed by atoms with Crippen LogP contribution < -0.4 is 25.8 Å². The van der Waals surface area contributed by atoms with E-state index in [1.165, 1.54) is 12.1 Å². The van der Waals surface area contributed by atoms with Gasteiger partial charge >= 0.3 is 5.97 Å². The molecule has 0 saturated heterocycles. The molecular weight excluding hydrogens is 608 g/mol. The fourth-order valence-corrected chi connectivity index (χ4v) is 6.35. The molecule has 0 radical (unpaired) electrons. The van der Waals surface area contributed by atoms with Gasteiger partial charge < -0.3 is 30.9 Å². The third kappa shape index (κ3) is 7.86. The summed E-state index contributed by atoms with van der Waals surface area (Å²) in [4.78, 5) is 30.4. The van der Waals surface area contributed by atoms with E-state index in [9.17, 15) is 23.1 Å². The summed E-state index contributed by atoms with van der Waals surface area (Å²) >= 11 is 0. The van der Waals surface area contributed by atoms with E-state index < -0.39 is 45.5 Å². The fourth-order valence-electron chi connectivity index (χ4n) is 5.03. The van der Waals surface area contributed by atoms with Crippen molar-refractivity contribution < 1.29 is 32.6 Å². The molecule has 4 aromatic rings. The zero-order valence-electron chi connectivity index (χ0n) is 26.5. The summed E-state index contributed by atoms with van der Waals surface area (Å²) in [6.45, 7) is 9.10. The molecule has 5 N–H and O–H groups in total. The minimum absolute atomic E-state index is 0.0320. The number of pyridine rings is 1. The molecule has 1 amide bonds. The molecule has 1 aromatic heterocycles. The number of hydrogen-bond donors (Lipinski definition) is 4. The number of aromatic nitrogens is 1. The molecule has 12 heteroatoms. The summed E-state index contributed by atoms with van der Waals surface area (Å²) in [7, 11) is -3.80. The number of carbonyl (C=O) groups excluding carboxylic acids is 1. The van der Waals surface area contributed by atoms with Crippen molar-refractivity contribution in [2.45, 2.75) is 69.4 Å². The van der Waals surface area contributed by atoms with Gasteiger partial charge in [0, 0.05) is 17.3 Å². The van der Waals surface area contributed by atoms with Gasteiger partial charge in [0.05, 0.1) is 35.3 Å². The molecule has 244 valence electrons. The molecule has 1 unspecified atom stereocenters. The average molecular weight is 649 g/mol. The second kappa shape index (κ2) is 14.5. The van der Waals surface area contributed by atoms with Crippen molar-refractivity contribution in [2.24, 2.45) is 0 Å². The Labute approximate surface area is 269 Å². The van der Waals surface area contributed by atoms with Crippen molar-refractivity contribution in [3.63, 3.8) is 0 Å². The van der Waals surface area contributed by atoms with Crippen LogP contribution in [0.15, 0.2) is 77.8 Å². The number of ether oxygens (including phenoxy) is 2. The molecule has 2 atom stereocenters. The van der Waals surface area contributed by atoms with Crippen LogP contribution in [-0.2, 0) is 19.4 Å². The third-order valence-corrected chi connectivity index (χ3v) is 9.47. The van der Waals surface area contributed by atoms with Gasteiger partial charge in [0.15, 0.2) is 21.3 Å². The minimum atomic E-state index is -3.80. The highest BCUT2D eigenvalue weighted by Crippen LogP contribution is 2.35. The van der Waals surface area contributed by atoms with E-state index in [1.54, 1.807) is 68.6 Å². The average Bonchev–Trinajstić information content (AvgIpc) is 3.00. The Bertz CT molecular complexity index is 1830. The van der Waals surface area contributed by atoms with E-state index in [4.69, 9.17) is 15.2 Å². The number of amides is 1. The van der Waals surface area contributed by atoms with Gasteiger partial charge in [-0.05, 0) is 93.6 Å². The van der Waals surface area contributed by atoms with Crippen LogP contribution in [0.25, 0.3) is 10.8 Å². The topological polar surface area (TPSA) is 170 Å². The van der Waals surface area contributed by atoms with Crippen molar-refractivity contribution in [2.75, 3.05) is 17.7 Å². The third-order valence-electron chi connectivity index (χ3n) is 7.25. The van der Waals surface area contributed by atoms with Crippen molar-refractivity contribution in [3.8, 4) is 11.5 Å². The second-order valence-corrected chi connectivity index (χ2v) is 13.8. The summed E-state index contributed by atoms with van der Waals surface area (Å²) in [6.07, 6.45) is 0.858. The van der Waals surface area contributed by atoms with Gasteiger partial charge in [-0.15, -0.1) is 0 Å². The standard InChI is InChI=1S/C34H40N4O7S/c1-6-44-28-14-11-23(18-29(28)45-20(2)3)32(37-24-12-13-25-22(17-24)15-16-36-33(25)35)34(41)38-27(19-31(39)40)26-9-7-8-10-30(26)46(42,43)21(4)5/h7-18,20-21,27,32,37H,6,19H2,1-5H3,(H2,35,36)(H,38,41)(H,39,40)/t27-,32?/m1/s1. The number of carbonyl (C=O) groups is 2. The Kier molecular flexibility index (Phi) is 10.7. The highest BCUT2D eigenvalue weighted by Gasteiger charge is 2.31. The van der Waals surface area contributed by atoms with Crippen molar-refractivity contribution in [1.82, 2.24) is 10.3 Å². The van der Waals surface area contributed by atoms with E-state index in [0.29, 0.717) is 35.2 Å². The number of carboxylic acid groups (broad SMARTS) is 1. The summed E-state index contributed by atoms with van der Waals surface area (Å²) in [5, 5.41) is 16.7. The van der Waals surface area contributed by atoms with E-state index in [-0.39, 0.29) is 16.6 Å². The summed E-state index contributed by atoms with van der Waals surface area (Å²) in [5.74, 6) is -0.490. The van der Waals surface area contributed by atoms with E-state index in [0.717, 1.165) is 10.8 Å². The molecule has 0 saturated carbocycles. The van der Waals surface area contributed by atoms with Gasteiger partial charge in [-0.25, -0.2) is 13.4 Å². The normalized spacial score (nSPS) is 12.9. The Hall–Kier alpha value is -4.84. The van der Waals surface area contributed by atoms with Gasteiger partial charge in [0.25, 0.3) is 0 Å². The number of rotatable bonds is 14. The Balaban J connectivity index is 1.81. The number of hydrogen-bond acceptors (Lipinski definition) is 9. The first-order valence-electron chi connectivity index (χ1n) is 15.0. The van der Waals surface area contributed by atoms with Crippen molar-refractivity contribution >= 4 is 44.0 Å². The molecule has 3 aromatic carbocycles. The number of sulfone groups is 1. The summed E-state index contributed by atoms with van der Waals surface area (Å²) in [6, 6.07) is 16.2. The monoisotopic (exact) mass is 648 g/mol. The first-order chi connectivity index (χ1) is 21.8. The smallest absolute Gasteiger partial charge is 0.305 e. The predicted octanol–water partition coefficient (Wildman–Crippen LogP) is 5.67. The molecule has 1 heterocycles. The molecule has 0 aliphatic heterocycles. The number of anilines is 2. The van der Waals surface area contributed by atoms with Crippen LogP contribution in [-0.4, -0.2) is 48.3 Å². The molecule has 4 rings (SSSR count). The van der Waals surface area contributed by atoms with Crippen LogP contribution in [0.1, 0.15) is 64.3 Å². The van der Waals surface area contributed by atoms with Crippen molar-refractivity contribution in [3.05, 3.63) is 84.1 Å². The SMILES string of the molecule is CCOc1ccc(C(Nc2ccc3c(N)nccc3c2)C(=O)N[C@H](CC(=O)O)c2ccccc2S(=O)(=O)C(C)C)cc1OC(C)C. The molecule has 0 aliphatic carbocycles. The number of fused-ring (bicyclic) bond motifs is 1. The quantitative estimate of drug-likeness (QED) is 0.134. The number of nitrogen functional groups attached to an aromatic ring is 1. The maximum Gasteiger partial charge on any atom is 0.305 e. The lowest BCUT2D eigenvalue weighted by molar-refractivity contribution is -0.137. The minimum Gasteiger partial charge on any atom is -0.490 e. The second-order valence-electron chi connectivity index (χ2n) is 11.3. The number of aliphatic carboxylic acids is 1. The van der Waals surface area contributed by atoms with E-state index >= 15 is 0 Å². The summed E-state index contributed by atoms with van der Waals surface area (Å²) in [5.41, 5.74) is 7.31. The van der Waals surface area contributed by atoms with Gasteiger partial charge in [-0.2, -0.15) is 0 Å². The molecule has 11 nitrogen and oxygen atoms in total. The number of nitrogens with zero attached hydrogens (tertiary/aromatic N) is 1. The molecule has 0 aliphatic rings. The highest BCUT2D eigenvalue weighted by atomic mass is 32.2. The van der Waals surface area contributed by atoms with Crippen LogP contribution in [0.5, 0.6) is 11.5 Å². The Morgan fingerprint density at radius 1 is 0.978 bits per heavy atom. The zero-order valence-corrected chi connectivity index (χ0v) is 27.3. The predicted molar refractivity (Wildman–Crippen MR) is 178 cm³/mol. The fraction of sp³-hybridized carbons (Fsp3) is 0.324. The van der Waals surface area contributed by atoms with Gasteiger partial charge in [0.1, 0.15) is 11.9 Å². The number of benzene rings is 3. The molecule has 0 fully saturated rings. The number of nitrogens with two attached hydrogens (primary N) is 1.